The van der Waals surface area contributed by atoms with Gasteiger partial charge in [0.1, 0.15) is 11.5 Å². The highest BCUT2D eigenvalue weighted by Crippen LogP contribution is 2.52. The summed E-state index contributed by atoms with van der Waals surface area (Å²) in [4.78, 5) is 70.7. The molecule has 0 aromatic heterocycles. The van der Waals surface area contributed by atoms with Crippen molar-refractivity contribution in [3.05, 3.63) is 59.7 Å². The summed E-state index contributed by atoms with van der Waals surface area (Å²) in [5.41, 5.74) is 5.37. The van der Waals surface area contributed by atoms with E-state index in [1.165, 1.54) is 18.1 Å². The highest BCUT2D eigenvalue weighted by atomic mass is 16.5. The molecule has 44 heavy (non-hydrogen) atoms. The van der Waals surface area contributed by atoms with E-state index in [4.69, 9.17) is 10.5 Å². The number of hydrogen-bond donors (Lipinski definition) is 3. The normalized spacial score (nSPS) is 28.0. The van der Waals surface area contributed by atoms with Crippen molar-refractivity contribution in [2.45, 2.75) is 31.0 Å². The molecular weight excluding hydrogens is 566 g/mol. The molecule has 3 aliphatic rings. The van der Waals surface area contributed by atoms with E-state index < -0.39 is 64.4 Å². The smallest absolute Gasteiger partial charge is 0.235 e. The second-order valence-corrected chi connectivity index (χ2v) is 12.3. The molecule has 0 spiro atoms. The van der Waals surface area contributed by atoms with Crippen molar-refractivity contribution >= 4 is 29.0 Å². The fourth-order valence-electron chi connectivity index (χ4n) is 7.52. The number of primary amides is 1. The third-order valence-electron chi connectivity index (χ3n) is 9.39. The number of carbonyl (C=O) groups is 5. The summed E-state index contributed by atoms with van der Waals surface area (Å²) < 4.78 is 5.67. The first-order valence-corrected chi connectivity index (χ1v) is 14.4. The number of ketones is 4. The molecule has 6 atom stereocenters. The van der Waals surface area contributed by atoms with Gasteiger partial charge in [0.2, 0.25) is 5.91 Å². The number of methoxy groups -OCH3 is 1. The first kappa shape index (κ1) is 31.2. The number of fused-ring (bicyclic) bond motifs is 3. The van der Waals surface area contributed by atoms with Gasteiger partial charge in [0, 0.05) is 24.6 Å². The molecular formula is C33H37N3O8. The number of nitrogens with two attached hydrogens (primary N) is 1. The number of aliphatic hydroxyl groups is 1. The highest BCUT2D eigenvalue weighted by Gasteiger charge is 2.69. The summed E-state index contributed by atoms with van der Waals surface area (Å²) in [5.74, 6) is -10.3. The van der Waals surface area contributed by atoms with Crippen molar-refractivity contribution in [3.8, 4) is 22.6 Å². The third kappa shape index (κ3) is 4.66. The summed E-state index contributed by atoms with van der Waals surface area (Å²) in [5, 5.41) is 22.7. The molecule has 2 fully saturated rings. The molecule has 2 unspecified atom stereocenters. The molecule has 3 aliphatic carbocycles. The molecule has 2 aromatic carbocycles. The lowest BCUT2D eigenvalue weighted by Crippen LogP contribution is -2.74. The number of benzene rings is 2. The zero-order chi connectivity index (χ0) is 32.2. The van der Waals surface area contributed by atoms with Crippen molar-refractivity contribution in [3.63, 3.8) is 0 Å². The minimum absolute atomic E-state index is 0.0253. The number of Topliss-reactive ketones (excluding diaryl/α,β-unsaturated/α-hetero) is 4. The maximum Gasteiger partial charge on any atom is 0.235 e. The Labute approximate surface area is 255 Å². The molecule has 2 saturated carbocycles. The molecule has 1 amide bonds. The van der Waals surface area contributed by atoms with Gasteiger partial charge in [-0.1, -0.05) is 18.2 Å². The van der Waals surface area contributed by atoms with Crippen molar-refractivity contribution in [1.29, 1.82) is 0 Å². The molecule has 0 saturated heterocycles. The van der Waals surface area contributed by atoms with E-state index in [9.17, 15) is 34.2 Å². The van der Waals surface area contributed by atoms with Gasteiger partial charge in [0.15, 0.2) is 34.7 Å². The lowest BCUT2D eigenvalue weighted by Gasteiger charge is -2.52. The first-order chi connectivity index (χ1) is 20.8. The van der Waals surface area contributed by atoms with Crippen LogP contribution in [0, 0.1) is 23.7 Å². The summed E-state index contributed by atoms with van der Waals surface area (Å²) in [6.45, 7) is 5.07. The topological polar surface area (TPSA) is 168 Å². The summed E-state index contributed by atoms with van der Waals surface area (Å²) in [6.07, 6.45) is 1.93. The molecule has 0 heterocycles. The van der Waals surface area contributed by atoms with Gasteiger partial charge in [-0.2, -0.15) is 0 Å². The molecule has 5 rings (SSSR count). The number of ether oxygens (including phenoxy) is 1. The Hall–Kier alpha value is -4.19. The van der Waals surface area contributed by atoms with Crippen molar-refractivity contribution in [2.75, 3.05) is 34.8 Å². The Kier molecular flexibility index (Phi) is 8.08. The Balaban J connectivity index is 1.64. The van der Waals surface area contributed by atoms with Crippen LogP contribution in [-0.4, -0.2) is 95.5 Å². The van der Waals surface area contributed by atoms with Gasteiger partial charge in [-0.05, 0) is 74.8 Å². The Morgan fingerprint density at radius 2 is 1.82 bits per heavy atom. The van der Waals surface area contributed by atoms with E-state index in [1.54, 1.807) is 26.2 Å². The maximum atomic E-state index is 14.1. The fourth-order valence-corrected chi connectivity index (χ4v) is 7.52. The molecule has 0 aliphatic heterocycles. The van der Waals surface area contributed by atoms with Gasteiger partial charge in [-0.3, -0.25) is 33.8 Å². The number of nitrogens with zero attached hydrogens (tertiary/aromatic N) is 2. The standard InChI is InChI=1S/C33H37N3O8/c1-6-11-36(4)15-16-7-10-23(44-5)19(12-16)18-8-9-22(37)25-20(18)13-17-14-21-27(35(2)3)29(39)26(32(34)42)31(41)33(21,43)30(40)24(17)28(25)38/h6-10,12,17,21,24,26-27,37,43H,1,11,13-15H2,2-5H3,(H2,34,42)/t17-,21-,24?,26?,27-,33-/m0/s1. The van der Waals surface area contributed by atoms with E-state index >= 15 is 0 Å². The molecule has 0 radical (unpaired) electrons. The van der Waals surface area contributed by atoms with Gasteiger partial charge in [-0.25, -0.2) is 0 Å². The molecule has 11 nitrogen and oxygen atoms in total. The predicted octanol–water partition coefficient (Wildman–Crippen LogP) is 1.16. The monoisotopic (exact) mass is 603 g/mol. The Morgan fingerprint density at radius 3 is 2.43 bits per heavy atom. The van der Waals surface area contributed by atoms with Gasteiger partial charge in [0.25, 0.3) is 0 Å². The number of phenols is 1. The Bertz CT molecular complexity index is 1600. The quantitative estimate of drug-likeness (QED) is 0.294. The number of rotatable bonds is 8. The number of amides is 1. The van der Waals surface area contributed by atoms with E-state index in [2.05, 4.69) is 11.5 Å². The zero-order valence-electron chi connectivity index (χ0n) is 25.2. The largest absolute Gasteiger partial charge is 0.507 e. The maximum absolute atomic E-state index is 14.1. The number of carbonyl (C=O) groups excluding carboxylic acids is 5. The third-order valence-corrected chi connectivity index (χ3v) is 9.39. The molecule has 4 N–H and O–H groups in total. The van der Waals surface area contributed by atoms with Crippen LogP contribution >= 0.6 is 0 Å². The van der Waals surface area contributed by atoms with E-state index in [1.807, 2.05) is 25.2 Å². The van der Waals surface area contributed by atoms with E-state index in [0.29, 0.717) is 35.5 Å². The summed E-state index contributed by atoms with van der Waals surface area (Å²) in [6, 6.07) is 7.64. The van der Waals surface area contributed by atoms with E-state index in [0.717, 1.165) is 5.56 Å². The van der Waals surface area contributed by atoms with Crippen LogP contribution in [0.5, 0.6) is 11.5 Å². The zero-order valence-corrected chi connectivity index (χ0v) is 25.2. The van der Waals surface area contributed by atoms with Gasteiger partial charge in [-0.15, -0.1) is 6.58 Å². The van der Waals surface area contributed by atoms with Crippen LogP contribution in [0.25, 0.3) is 11.1 Å². The average molecular weight is 604 g/mol. The van der Waals surface area contributed by atoms with Gasteiger partial charge < -0.3 is 20.7 Å². The predicted molar refractivity (Wildman–Crippen MR) is 160 cm³/mol. The van der Waals surface area contributed by atoms with Crippen LogP contribution in [0.3, 0.4) is 0 Å². The number of hydrogen-bond acceptors (Lipinski definition) is 10. The van der Waals surface area contributed by atoms with Crippen molar-refractivity contribution in [1.82, 2.24) is 9.80 Å². The van der Waals surface area contributed by atoms with Gasteiger partial charge >= 0.3 is 0 Å². The molecule has 0 bridgehead atoms. The lowest BCUT2D eigenvalue weighted by molar-refractivity contribution is -0.181. The molecule has 2 aromatic rings. The fraction of sp³-hybridized carbons (Fsp3) is 0.424. The minimum atomic E-state index is -2.76. The van der Waals surface area contributed by atoms with E-state index in [-0.39, 0.29) is 24.2 Å². The molecule has 11 heteroatoms. The van der Waals surface area contributed by atoms with Crippen molar-refractivity contribution < 1.29 is 38.9 Å². The van der Waals surface area contributed by atoms with Crippen LogP contribution in [0.2, 0.25) is 0 Å². The van der Waals surface area contributed by atoms with Crippen LogP contribution < -0.4 is 10.5 Å². The molecule has 232 valence electrons. The first-order valence-electron chi connectivity index (χ1n) is 14.4. The number of aromatic hydroxyl groups is 1. The average Bonchev–Trinajstić information content (AvgIpc) is 2.95. The van der Waals surface area contributed by atoms with Crippen LogP contribution in [-0.2, 0) is 32.1 Å². The summed E-state index contributed by atoms with van der Waals surface area (Å²) in [7, 11) is 6.60. The van der Waals surface area contributed by atoms with Crippen molar-refractivity contribution in [2.24, 2.45) is 29.4 Å². The van der Waals surface area contributed by atoms with Crippen LogP contribution in [0.15, 0.2) is 43.0 Å². The summed E-state index contributed by atoms with van der Waals surface area (Å²) >= 11 is 0. The lowest BCUT2D eigenvalue weighted by atomic mass is 9.52. The van der Waals surface area contributed by atoms with Gasteiger partial charge in [0.05, 0.1) is 24.6 Å². The van der Waals surface area contributed by atoms with Crippen LogP contribution in [0.4, 0.5) is 0 Å². The second-order valence-electron chi connectivity index (χ2n) is 12.3. The number of likely N-dealkylation sites (N-methyl/N-ethyl adjacent to an activating group) is 2. The highest BCUT2D eigenvalue weighted by molar-refractivity contribution is 6.32. The second kappa shape index (κ2) is 11.4. The number of phenolic OH excluding ortho intramolecular Hbond substituents is 1. The Morgan fingerprint density at radius 1 is 1.11 bits per heavy atom. The SMILES string of the molecule is C=CCN(C)Cc1ccc(OC)c(-c2ccc(O)c3c2C[C@H]2C[C@H]4[C@H](N(C)C)C(=O)C(C(N)=O)C(=O)[C@@]4(O)C(=O)C2C3=O)c1. The minimum Gasteiger partial charge on any atom is -0.507 e. The van der Waals surface area contributed by atoms with Crippen LogP contribution in [0.1, 0.15) is 27.9 Å².